The number of nitrogens with zero attached hydrogens (tertiary/aromatic N) is 2. The molecule has 24 heavy (non-hydrogen) atoms. The first-order chi connectivity index (χ1) is 11.4. The van der Waals surface area contributed by atoms with E-state index in [-0.39, 0.29) is 5.57 Å². The number of aliphatic hydroxyl groups excluding tert-OH is 1. The summed E-state index contributed by atoms with van der Waals surface area (Å²) >= 11 is 5.84. The van der Waals surface area contributed by atoms with Crippen molar-refractivity contribution in [2.75, 3.05) is 23.9 Å². The van der Waals surface area contributed by atoms with Crippen molar-refractivity contribution >= 4 is 40.4 Å². The Morgan fingerprint density at radius 2 is 1.50 bits per heavy atom. The number of aliphatic hydroxyl groups is 1. The molecule has 0 spiro atoms. The van der Waals surface area contributed by atoms with E-state index in [4.69, 9.17) is 11.6 Å². The quantitative estimate of drug-likeness (QED) is 0.870. The van der Waals surface area contributed by atoms with Crippen molar-refractivity contribution < 1.29 is 14.7 Å². The van der Waals surface area contributed by atoms with Gasteiger partial charge in [0.05, 0.1) is 11.3 Å². The van der Waals surface area contributed by atoms with E-state index in [1.807, 2.05) is 19.0 Å². The van der Waals surface area contributed by atoms with Gasteiger partial charge in [0.15, 0.2) is 5.76 Å². The third-order valence-corrected chi connectivity index (χ3v) is 4.07. The van der Waals surface area contributed by atoms with Crippen molar-refractivity contribution in [1.82, 2.24) is 0 Å². The van der Waals surface area contributed by atoms with Crippen molar-refractivity contribution in [2.45, 2.75) is 0 Å². The highest BCUT2D eigenvalue weighted by molar-refractivity contribution is 6.45. The molecule has 6 heteroatoms. The smallest absolute Gasteiger partial charge is 0.301 e. The number of carbonyl (C=O) groups is 2. The molecule has 1 heterocycles. The second kappa shape index (κ2) is 6.02. The van der Waals surface area contributed by atoms with Gasteiger partial charge in [-0.1, -0.05) is 23.7 Å². The molecule has 1 N–H and O–H groups in total. The minimum Gasteiger partial charge on any atom is -0.502 e. The molecule has 0 saturated carbocycles. The van der Waals surface area contributed by atoms with Crippen LogP contribution in [0, 0.1) is 0 Å². The standard InChI is InChI=1S/C18H15ClN2O3/c1-20(2)13-7-9-14(10-8-13)21-17(23)15(16(22)18(21)24)11-3-5-12(19)6-4-11/h3-10,22H,1-2H3. The largest absolute Gasteiger partial charge is 0.502 e. The van der Waals surface area contributed by atoms with Crippen LogP contribution in [0.3, 0.4) is 0 Å². The second-order valence-electron chi connectivity index (χ2n) is 5.59. The van der Waals surface area contributed by atoms with Crippen LogP contribution in [0.1, 0.15) is 5.56 Å². The molecule has 0 bridgehead atoms. The molecule has 122 valence electrons. The van der Waals surface area contributed by atoms with Gasteiger partial charge in [-0.25, -0.2) is 4.90 Å². The molecular weight excluding hydrogens is 328 g/mol. The number of hydrogen-bond acceptors (Lipinski definition) is 4. The fraction of sp³-hybridized carbons (Fsp3) is 0.111. The fourth-order valence-corrected chi connectivity index (χ4v) is 2.66. The summed E-state index contributed by atoms with van der Waals surface area (Å²) in [5.74, 6) is -1.85. The lowest BCUT2D eigenvalue weighted by Gasteiger charge is -2.17. The number of carbonyl (C=O) groups excluding carboxylic acids is 2. The molecule has 0 aromatic heterocycles. The van der Waals surface area contributed by atoms with E-state index >= 15 is 0 Å². The van der Waals surface area contributed by atoms with Crippen molar-refractivity contribution in [3.8, 4) is 0 Å². The normalized spacial score (nSPS) is 14.5. The first kappa shape index (κ1) is 16.1. The average molecular weight is 343 g/mol. The SMILES string of the molecule is CN(C)c1ccc(N2C(=O)C(O)=C(c3ccc(Cl)cc3)C2=O)cc1. The highest BCUT2D eigenvalue weighted by Gasteiger charge is 2.40. The summed E-state index contributed by atoms with van der Waals surface area (Å²) in [6, 6.07) is 13.3. The Hall–Kier alpha value is -2.79. The van der Waals surface area contributed by atoms with E-state index in [9.17, 15) is 14.7 Å². The van der Waals surface area contributed by atoms with Crippen LogP contribution in [-0.4, -0.2) is 31.0 Å². The van der Waals surface area contributed by atoms with Crippen LogP contribution in [0.25, 0.3) is 5.57 Å². The van der Waals surface area contributed by atoms with E-state index in [1.54, 1.807) is 48.5 Å². The zero-order valence-corrected chi connectivity index (χ0v) is 13.9. The maximum absolute atomic E-state index is 12.7. The van der Waals surface area contributed by atoms with Gasteiger partial charge in [0.1, 0.15) is 0 Å². The molecule has 2 aromatic carbocycles. The van der Waals surface area contributed by atoms with E-state index in [2.05, 4.69) is 0 Å². The summed E-state index contributed by atoms with van der Waals surface area (Å²) in [6.45, 7) is 0. The number of imide groups is 1. The molecule has 0 radical (unpaired) electrons. The summed E-state index contributed by atoms with van der Waals surface area (Å²) < 4.78 is 0. The lowest BCUT2D eigenvalue weighted by Crippen LogP contribution is -2.31. The van der Waals surface area contributed by atoms with Gasteiger partial charge >= 0.3 is 5.91 Å². The summed E-state index contributed by atoms with van der Waals surface area (Å²) in [6.07, 6.45) is 0. The van der Waals surface area contributed by atoms with Crippen LogP contribution >= 0.6 is 11.6 Å². The lowest BCUT2D eigenvalue weighted by molar-refractivity contribution is -0.121. The van der Waals surface area contributed by atoms with Crippen LogP contribution in [0.2, 0.25) is 5.02 Å². The Balaban J connectivity index is 1.97. The zero-order valence-electron chi connectivity index (χ0n) is 13.2. The molecule has 0 atom stereocenters. The maximum Gasteiger partial charge on any atom is 0.301 e. The van der Waals surface area contributed by atoms with Gasteiger partial charge in [-0.2, -0.15) is 0 Å². The van der Waals surface area contributed by atoms with E-state index in [0.717, 1.165) is 10.6 Å². The molecule has 1 aliphatic heterocycles. The summed E-state index contributed by atoms with van der Waals surface area (Å²) in [5.41, 5.74) is 1.77. The lowest BCUT2D eigenvalue weighted by atomic mass is 10.1. The summed E-state index contributed by atoms with van der Waals surface area (Å²) in [7, 11) is 3.79. The molecule has 0 aliphatic carbocycles. The highest BCUT2D eigenvalue weighted by atomic mass is 35.5. The predicted molar refractivity (Wildman–Crippen MR) is 94.3 cm³/mol. The second-order valence-corrected chi connectivity index (χ2v) is 6.02. The maximum atomic E-state index is 12.7. The topological polar surface area (TPSA) is 60.9 Å². The van der Waals surface area contributed by atoms with Gasteiger partial charge in [-0.3, -0.25) is 9.59 Å². The molecule has 2 aromatic rings. The number of anilines is 2. The summed E-state index contributed by atoms with van der Waals surface area (Å²) in [5, 5.41) is 10.7. The minimum atomic E-state index is -0.734. The van der Waals surface area contributed by atoms with Crippen LogP contribution in [0.5, 0.6) is 0 Å². The van der Waals surface area contributed by atoms with Gasteiger partial charge < -0.3 is 10.0 Å². The molecule has 0 unspecified atom stereocenters. The van der Waals surface area contributed by atoms with E-state index < -0.39 is 17.6 Å². The fourth-order valence-electron chi connectivity index (χ4n) is 2.53. The Morgan fingerprint density at radius 3 is 2.04 bits per heavy atom. The van der Waals surface area contributed by atoms with Gasteiger partial charge in [0, 0.05) is 24.8 Å². The number of amides is 2. The molecule has 3 rings (SSSR count). The Bertz CT molecular complexity index is 840. The number of halogens is 1. The zero-order chi connectivity index (χ0) is 17.4. The summed E-state index contributed by atoms with van der Waals surface area (Å²) in [4.78, 5) is 27.9. The van der Waals surface area contributed by atoms with Crippen LogP contribution in [0.15, 0.2) is 54.3 Å². The van der Waals surface area contributed by atoms with Crippen molar-refractivity contribution in [3.05, 3.63) is 64.9 Å². The number of rotatable bonds is 3. The van der Waals surface area contributed by atoms with Gasteiger partial charge in [0.2, 0.25) is 0 Å². The van der Waals surface area contributed by atoms with E-state index in [0.29, 0.717) is 16.3 Å². The molecular formula is C18H15ClN2O3. The molecule has 5 nitrogen and oxygen atoms in total. The molecule has 0 fully saturated rings. The average Bonchev–Trinajstić information content (AvgIpc) is 2.78. The first-order valence-corrected chi connectivity index (χ1v) is 7.63. The third-order valence-electron chi connectivity index (χ3n) is 3.82. The molecule has 0 saturated heterocycles. The van der Waals surface area contributed by atoms with Gasteiger partial charge in [-0.05, 0) is 42.0 Å². The first-order valence-electron chi connectivity index (χ1n) is 7.25. The van der Waals surface area contributed by atoms with Crippen LogP contribution < -0.4 is 9.80 Å². The van der Waals surface area contributed by atoms with Crippen molar-refractivity contribution in [2.24, 2.45) is 0 Å². The number of benzene rings is 2. The monoisotopic (exact) mass is 342 g/mol. The Morgan fingerprint density at radius 1 is 0.917 bits per heavy atom. The van der Waals surface area contributed by atoms with Gasteiger partial charge in [-0.15, -0.1) is 0 Å². The third kappa shape index (κ3) is 2.63. The number of hydrogen-bond donors (Lipinski definition) is 1. The van der Waals surface area contributed by atoms with E-state index in [1.165, 1.54) is 0 Å². The van der Waals surface area contributed by atoms with Gasteiger partial charge in [0.25, 0.3) is 5.91 Å². The minimum absolute atomic E-state index is 0.0200. The van der Waals surface area contributed by atoms with Crippen molar-refractivity contribution in [3.63, 3.8) is 0 Å². The van der Waals surface area contributed by atoms with Crippen molar-refractivity contribution in [1.29, 1.82) is 0 Å². The molecule has 2 amide bonds. The predicted octanol–water partition coefficient (Wildman–Crippen LogP) is 3.25. The molecule has 1 aliphatic rings. The van der Waals surface area contributed by atoms with Crippen LogP contribution in [0.4, 0.5) is 11.4 Å². The highest BCUT2D eigenvalue weighted by Crippen LogP contribution is 2.32. The Labute approximate surface area is 144 Å². The Kier molecular flexibility index (Phi) is 4.03. The van der Waals surface area contributed by atoms with Crippen LogP contribution in [-0.2, 0) is 9.59 Å².